The van der Waals surface area contributed by atoms with Crippen LogP contribution in [0.3, 0.4) is 0 Å². The summed E-state index contributed by atoms with van der Waals surface area (Å²) in [6.45, 7) is 0. The Labute approximate surface area is 182 Å². The highest BCUT2D eigenvalue weighted by atomic mass is 127. The van der Waals surface area contributed by atoms with Crippen LogP contribution in [0.25, 0.3) is 34.0 Å². The fourth-order valence-corrected chi connectivity index (χ4v) is 4.02. The molecular weight excluding hydrogens is 475 g/mol. The van der Waals surface area contributed by atoms with Gasteiger partial charge in [0.2, 0.25) is 0 Å². The van der Waals surface area contributed by atoms with Crippen molar-refractivity contribution in [2.24, 2.45) is 0 Å². The standard InChI is InChI=1S/C24H15IN2S/c25-22-12-6-17(7-13-22)14-21(15-26)24-27-23(16-28-24)20-10-8-19(9-11-20)18-4-2-1-3-5-18/h1-14,16H/b21-14+. The van der Waals surface area contributed by atoms with E-state index in [1.807, 2.05) is 53.9 Å². The van der Waals surface area contributed by atoms with Crippen molar-refractivity contribution in [1.82, 2.24) is 4.98 Å². The van der Waals surface area contributed by atoms with Gasteiger partial charge >= 0.3 is 0 Å². The minimum absolute atomic E-state index is 0.582. The number of halogens is 1. The molecule has 134 valence electrons. The SMILES string of the molecule is N#C/C(=C\c1ccc(I)cc1)c1nc(-c2ccc(-c3ccccc3)cc2)cs1. The Morgan fingerprint density at radius 1 is 0.857 bits per heavy atom. The number of rotatable bonds is 4. The number of allylic oxidation sites excluding steroid dienone is 1. The first-order chi connectivity index (χ1) is 13.7. The van der Waals surface area contributed by atoms with Gasteiger partial charge in [0.05, 0.1) is 11.3 Å². The predicted octanol–water partition coefficient (Wildman–Crippen LogP) is 7.15. The van der Waals surface area contributed by atoms with Gasteiger partial charge < -0.3 is 0 Å². The number of aromatic nitrogens is 1. The van der Waals surface area contributed by atoms with Crippen LogP contribution in [-0.2, 0) is 0 Å². The molecule has 3 aromatic carbocycles. The lowest BCUT2D eigenvalue weighted by Crippen LogP contribution is -1.84. The number of nitriles is 1. The second-order valence-electron chi connectivity index (χ2n) is 6.20. The van der Waals surface area contributed by atoms with Crippen LogP contribution in [0.2, 0.25) is 0 Å². The molecule has 0 aliphatic rings. The number of thiazole rings is 1. The van der Waals surface area contributed by atoms with Gasteiger partial charge in [0.25, 0.3) is 0 Å². The Morgan fingerprint density at radius 3 is 2.18 bits per heavy atom. The highest BCUT2D eigenvalue weighted by molar-refractivity contribution is 14.1. The van der Waals surface area contributed by atoms with Crippen LogP contribution < -0.4 is 0 Å². The van der Waals surface area contributed by atoms with Gasteiger partial charge in [0, 0.05) is 14.5 Å². The van der Waals surface area contributed by atoms with Gasteiger partial charge in [-0.1, -0.05) is 66.7 Å². The van der Waals surface area contributed by atoms with E-state index < -0.39 is 0 Å². The zero-order valence-corrected chi connectivity index (χ0v) is 17.8. The normalized spacial score (nSPS) is 11.2. The van der Waals surface area contributed by atoms with Crippen molar-refractivity contribution >= 4 is 45.6 Å². The molecule has 0 radical (unpaired) electrons. The third-order valence-electron chi connectivity index (χ3n) is 4.32. The minimum atomic E-state index is 0.582. The molecule has 4 rings (SSSR count). The van der Waals surface area contributed by atoms with Gasteiger partial charge in [0.15, 0.2) is 0 Å². The summed E-state index contributed by atoms with van der Waals surface area (Å²) in [7, 11) is 0. The van der Waals surface area contributed by atoms with E-state index in [4.69, 9.17) is 4.98 Å². The van der Waals surface area contributed by atoms with E-state index in [2.05, 4.69) is 65.1 Å². The van der Waals surface area contributed by atoms with Crippen LogP contribution in [0.15, 0.2) is 84.2 Å². The Morgan fingerprint density at radius 2 is 1.50 bits per heavy atom. The molecule has 28 heavy (non-hydrogen) atoms. The van der Waals surface area contributed by atoms with Crippen molar-refractivity contribution in [3.8, 4) is 28.5 Å². The average molecular weight is 490 g/mol. The Hall–Kier alpha value is -2.75. The van der Waals surface area contributed by atoms with E-state index in [1.165, 1.54) is 26.0 Å². The smallest absolute Gasteiger partial charge is 0.134 e. The number of hydrogen-bond donors (Lipinski definition) is 0. The lowest BCUT2D eigenvalue weighted by atomic mass is 10.0. The van der Waals surface area contributed by atoms with Crippen molar-refractivity contribution in [3.05, 3.63) is 98.4 Å². The maximum absolute atomic E-state index is 9.58. The maximum atomic E-state index is 9.58. The van der Waals surface area contributed by atoms with Crippen LogP contribution in [0.1, 0.15) is 10.6 Å². The minimum Gasteiger partial charge on any atom is -0.235 e. The van der Waals surface area contributed by atoms with Crippen molar-refractivity contribution in [2.75, 3.05) is 0 Å². The van der Waals surface area contributed by atoms with Crippen molar-refractivity contribution in [1.29, 1.82) is 5.26 Å². The molecule has 0 bridgehead atoms. The van der Waals surface area contributed by atoms with Crippen LogP contribution in [-0.4, -0.2) is 4.98 Å². The van der Waals surface area contributed by atoms with E-state index >= 15 is 0 Å². The average Bonchev–Trinajstić information content (AvgIpc) is 3.24. The van der Waals surface area contributed by atoms with Gasteiger partial charge in [-0.3, -0.25) is 0 Å². The molecule has 0 atom stereocenters. The number of nitrogens with zero attached hydrogens (tertiary/aromatic N) is 2. The summed E-state index contributed by atoms with van der Waals surface area (Å²) in [4.78, 5) is 4.69. The summed E-state index contributed by atoms with van der Waals surface area (Å²) in [5.41, 5.74) is 5.90. The van der Waals surface area contributed by atoms with Gasteiger partial charge in [-0.15, -0.1) is 11.3 Å². The fraction of sp³-hybridized carbons (Fsp3) is 0. The lowest BCUT2D eigenvalue weighted by Gasteiger charge is -2.02. The quantitative estimate of drug-likeness (QED) is 0.225. The van der Waals surface area contributed by atoms with Crippen LogP contribution in [0.4, 0.5) is 0 Å². The van der Waals surface area contributed by atoms with Crippen LogP contribution >= 0.6 is 33.9 Å². The third kappa shape index (κ3) is 4.22. The highest BCUT2D eigenvalue weighted by Gasteiger charge is 2.09. The molecule has 0 aliphatic carbocycles. The number of benzene rings is 3. The van der Waals surface area contributed by atoms with Crippen LogP contribution in [0, 0.1) is 14.9 Å². The number of hydrogen-bond acceptors (Lipinski definition) is 3. The molecule has 0 unspecified atom stereocenters. The highest BCUT2D eigenvalue weighted by Crippen LogP contribution is 2.29. The van der Waals surface area contributed by atoms with Crippen molar-refractivity contribution < 1.29 is 0 Å². The first-order valence-electron chi connectivity index (χ1n) is 8.72. The topological polar surface area (TPSA) is 36.7 Å². The maximum Gasteiger partial charge on any atom is 0.134 e. The first-order valence-corrected chi connectivity index (χ1v) is 10.7. The molecule has 0 saturated carbocycles. The second-order valence-corrected chi connectivity index (χ2v) is 8.31. The fourth-order valence-electron chi connectivity index (χ4n) is 2.86. The van der Waals surface area contributed by atoms with E-state index in [0.717, 1.165) is 21.8 Å². The third-order valence-corrected chi connectivity index (χ3v) is 5.92. The lowest BCUT2D eigenvalue weighted by molar-refractivity contribution is 1.37. The molecule has 4 aromatic rings. The molecule has 0 amide bonds. The first kappa shape index (κ1) is 18.6. The van der Waals surface area contributed by atoms with E-state index in [0.29, 0.717) is 5.57 Å². The largest absolute Gasteiger partial charge is 0.235 e. The van der Waals surface area contributed by atoms with E-state index in [-0.39, 0.29) is 0 Å². The van der Waals surface area contributed by atoms with E-state index in [1.54, 1.807) is 0 Å². The molecule has 0 fully saturated rings. The Kier molecular flexibility index (Phi) is 5.65. The molecule has 0 spiro atoms. The second kappa shape index (κ2) is 8.51. The summed E-state index contributed by atoms with van der Waals surface area (Å²) < 4.78 is 1.17. The van der Waals surface area contributed by atoms with Gasteiger partial charge in [-0.2, -0.15) is 5.26 Å². The molecule has 1 aromatic heterocycles. The molecule has 4 heteroatoms. The monoisotopic (exact) mass is 490 g/mol. The summed E-state index contributed by atoms with van der Waals surface area (Å²) in [6.07, 6.45) is 1.89. The molecule has 0 N–H and O–H groups in total. The summed E-state index contributed by atoms with van der Waals surface area (Å²) >= 11 is 3.77. The molecule has 1 heterocycles. The zero-order valence-electron chi connectivity index (χ0n) is 14.8. The zero-order chi connectivity index (χ0) is 19.3. The van der Waals surface area contributed by atoms with Gasteiger partial charge in [-0.25, -0.2) is 4.98 Å². The predicted molar refractivity (Wildman–Crippen MR) is 126 cm³/mol. The van der Waals surface area contributed by atoms with Gasteiger partial charge in [-0.05, 0) is 57.5 Å². The summed E-state index contributed by atoms with van der Waals surface area (Å²) in [5.74, 6) is 0. The van der Waals surface area contributed by atoms with Gasteiger partial charge in [0.1, 0.15) is 11.1 Å². The van der Waals surface area contributed by atoms with E-state index in [9.17, 15) is 5.26 Å². The van der Waals surface area contributed by atoms with Crippen molar-refractivity contribution in [3.63, 3.8) is 0 Å². The molecule has 0 aliphatic heterocycles. The molecule has 2 nitrogen and oxygen atoms in total. The summed E-state index contributed by atoms with van der Waals surface area (Å²) in [6, 6.07) is 29.0. The molecule has 0 saturated heterocycles. The molecular formula is C24H15IN2S. The Balaban J connectivity index is 1.60. The Bertz CT molecular complexity index is 1150. The van der Waals surface area contributed by atoms with Crippen LogP contribution in [0.5, 0.6) is 0 Å². The van der Waals surface area contributed by atoms with Crippen molar-refractivity contribution in [2.45, 2.75) is 0 Å². The summed E-state index contributed by atoms with van der Waals surface area (Å²) in [5, 5.41) is 12.3.